The molecule has 0 aliphatic heterocycles. The lowest BCUT2D eigenvalue weighted by molar-refractivity contribution is 0.146. The van der Waals surface area contributed by atoms with Crippen LogP contribution in [-0.2, 0) is 0 Å². The van der Waals surface area contributed by atoms with Crippen molar-refractivity contribution in [1.29, 1.82) is 0 Å². The maximum atomic E-state index is 10.7. The molecular formula is C17H20BrNO. The van der Waals surface area contributed by atoms with Crippen molar-refractivity contribution in [3.63, 3.8) is 0 Å². The summed E-state index contributed by atoms with van der Waals surface area (Å²) < 4.78 is 0.985. The molecule has 106 valence electrons. The molecule has 2 nitrogen and oxygen atoms in total. The average molecular weight is 334 g/mol. The molecule has 0 bridgehead atoms. The van der Waals surface area contributed by atoms with E-state index in [1.54, 1.807) is 0 Å². The highest BCUT2D eigenvalue weighted by Gasteiger charge is 2.24. The Morgan fingerprint density at radius 2 is 1.80 bits per heavy atom. The van der Waals surface area contributed by atoms with Crippen molar-refractivity contribution in [3.05, 3.63) is 69.2 Å². The molecule has 0 fully saturated rings. The van der Waals surface area contributed by atoms with Crippen molar-refractivity contribution in [3.8, 4) is 0 Å². The molecule has 2 aromatic carbocycles. The van der Waals surface area contributed by atoms with Crippen LogP contribution in [0.25, 0.3) is 0 Å². The van der Waals surface area contributed by atoms with Crippen LogP contribution < -0.4 is 5.73 Å². The fourth-order valence-corrected chi connectivity index (χ4v) is 3.15. The van der Waals surface area contributed by atoms with Gasteiger partial charge in [-0.15, -0.1) is 0 Å². The van der Waals surface area contributed by atoms with Crippen molar-refractivity contribution in [2.24, 2.45) is 5.73 Å². The first kappa shape index (κ1) is 15.2. The number of aliphatic hydroxyl groups is 1. The summed E-state index contributed by atoms with van der Waals surface area (Å²) in [7, 11) is 0. The van der Waals surface area contributed by atoms with Crippen LogP contribution >= 0.6 is 15.9 Å². The zero-order chi connectivity index (χ0) is 14.7. The molecule has 0 saturated heterocycles. The first-order valence-corrected chi connectivity index (χ1v) is 7.53. The lowest BCUT2D eigenvalue weighted by Gasteiger charge is -2.24. The van der Waals surface area contributed by atoms with Crippen molar-refractivity contribution < 1.29 is 5.11 Å². The predicted molar refractivity (Wildman–Crippen MR) is 86.8 cm³/mol. The third-order valence-electron chi connectivity index (χ3n) is 3.68. The Morgan fingerprint density at radius 1 is 1.10 bits per heavy atom. The molecule has 0 heterocycles. The van der Waals surface area contributed by atoms with Gasteiger partial charge >= 0.3 is 0 Å². The second-order valence-corrected chi connectivity index (χ2v) is 6.02. The molecule has 2 atom stereocenters. The van der Waals surface area contributed by atoms with E-state index in [0.717, 1.165) is 21.2 Å². The summed E-state index contributed by atoms with van der Waals surface area (Å²) in [6.45, 7) is 4.48. The van der Waals surface area contributed by atoms with E-state index in [2.05, 4.69) is 28.9 Å². The molecule has 20 heavy (non-hydrogen) atoms. The molecule has 0 aliphatic carbocycles. The molecule has 2 rings (SSSR count). The number of benzene rings is 2. The SMILES string of the molecule is Cc1ccc(C(O)C(CN)c2ccccc2Br)c(C)c1. The zero-order valence-electron chi connectivity index (χ0n) is 11.8. The van der Waals surface area contributed by atoms with Crippen LogP contribution in [0.4, 0.5) is 0 Å². The van der Waals surface area contributed by atoms with Gasteiger partial charge in [-0.3, -0.25) is 0 Å². The smallest absolute Gasteiger partial charge is 0.0873 e. The minimum atomic E-state index is -0.598. The van der Waals surface area contributed by atoms with Gasteiger partial charge in [0, 0.05) is 16.9 Å². The summed E-state index contributed by atoms with van der Waals surface area (Å²) >= 11 is 3.54. The monoisotopic (exact) mass is 333 g/mol. The number of rotatable bonds is 4. The molecule has 0 spiro atoms. The van der Waals surface area contributed by atoms with E-state index in [0.29, 0.717) is 6.54 Å². The molecule has 3 heteroatoms. The van der Waals surface area contributed by atoms with Gasteiger partial charge in [0.1, 0.15) is 0 Å². The third-order valence-corrected chi connectivity index (χ3v) is 4.41. The molecular weight excluding hydrogens is 314 g/mol. The Balaban J connectivity index is 2.39. The Labute approximate surface area is 128 Å². The minimum absolute atomic E-state index is 0.119. The first-order chi connectivity index (χ1) is 9.54. The molecule has 2 aromatic rings. The number of halogens is 1. The fourth-order valence-electron chi connectivity index (χ4n) is 2.58. The molecule has 0 saturated carbocycles. The van der Waals surface area contributed by atoms with Crippen LogP contribution in [0.15, 0.2) is 46.9 Å². The second kappa shape index (κ2) is 6.53. The highest BCUT2D eigenvalue weighted by molar-refractivity contribution is 9.10. The van der Waals surface area contributed by atoms with Crippen molar-refractivity contribution in [2.45, 2.75) is 25.9 Å². The Hall–Kier alpha value is -1.16. The van der Waals surface area contributed by atoms with Gasteiger partial charge < -0.3 is 10.8 Å². The van der Waals surface area contributed by atoms with Gasteiger partial charge in [0.2, 0.25) is 0 Å². The van der Waals surface area contributed by atoms with Crippen LogP contribution in [0.1, 0.15) is 34.3 Å². The summed E-state index contributed by atoms with van der Waals surface area (Å²) in [6.07, 6.45) is -0.598. The molecule has 0 aromatic heterocycles. The maximum absolute atomic E-state index is 10.7. The topological polar surface area (TPSA) is 46.2 Å². The quantitative estimate of drug-likeness (QED) is 0.892. The van der Waals surface area contributed by atoms with Crippen molar-refractivity contribution >= 4 is 15.9 Å². The van der Waals surface area contributed by atoms with E-state index in [4.69, 9.17) is 5.73 Å². The second-order valence-electron chi connectivity index (χ2n) is 5.17. The summed E-state index contributed by atoms with van der Waals surface area (Å²) in [5.41, 5.74) is 10.2. The van der Waals surface area contributed by atoms with Crippen LogP contribution in [0.3, 0.4) is 0 Å². The average Bonchev–Trinajstić information content (AvgIpc) is 2.41. The zero-order valence-corrected chi connectivity index (χ0v) is 13.4. The van der Waals surface area contributed by atoms with Gasteiger partial charge in [-0.1, -0.05) is 57.9 Å². The summed E-state index contributed by atoms with van der Waals surface area (Å²) in [4.78, 5) is 0. The number of hydrogen-bond acceptors (Lipinski definition) is 2. The van der Waals surface area contributed by atoms with Gasteiger partial charge in [0.05, 0.1) is 6.10 Å². The molecule has 2 unspecified atom stereocenters. The van der Waals surface area contributed by atoms with Gasteiger partial charge in [-0.2, -0.15) is 0 Å². The first-order valence-electron chi connectivity index (χ1n) is 6.74. The van der Waals surface area contributed by atoms with Crippen molar-refractivity contribution in [2.75, 3.05) is 6.54 Å². The summed E-state index contributed by atoms with van der Waals surface area (Å²) in [6, 6.07) is 14.0. The number of aliphatic hydroxyl groups excluding tert-OH is 1. The largest absolute Gasteiger partial charge is 0.388 e. The van der Waals surface area contributed by atoms with Gasteiger partial charge in [-0.25, -0.2) is 0 Å². The lowest BCUT2D eigenvalue weighted by atomic mass is 9.87. The summed E-state index contributed by atoms with van der Waals surface area (Å²) in [5.74, 6) is -0.119. The Bertz CT molecular complexity index is 597. The summed E-state index contributed by atoms with van der Waals surface area (Å²) in [5, 5.41) is 10.7. The fraction of sp³-hybridized carbons (Fsp3) is 0.294. The van der Waals surface area contributed by atoms with Crippen LogP contribution in [-0.4, -0.2) is 11.7 Å². The molecule has 0 aliphatic rings. The van der Waals surface area contributed by atoms with E-state index in [9.17, 15) is 5.11 Å². The van der Waals surface area contributed by atoms with Crippen LogP contribution in [0.5, 0.6) is 0 Å². The highest BCUT2D eigenvalue weighted by atomic mass is 79.9. The molecule has 0 amide bonds. The number of aryl methyl sites for hydroxylation is 2. The maximum Gasteiger partial charge on any atom is 0.0873 e. The number of hydrogen-bond donors (Lipinski definition) is 2. The van der Waals surface area contributed by atoms with Crippen LogP contribution in [0, 0.1) is 13.8 Å². The van der Waals surface area contributed by atoms with E-state index < -0.39 is 6.10 Å². The Kier molecular flexibility index (Phi) is 4.97. The predicted octanol–water partition coefficient (Wildman–Crippen LogP) is 3.84. The van der Waals surface area contributed by atoms with E-state index >= 15 is 0 Å². The highest BCUT2D eigenvalue weighted by Crippen LogP contribution is 2.35. The van der Waals surface area contributed by atoms with Gasteiger partial charge in [-0.05, 0) is 36.6 Å². The lowest BCUT2D eigenvalue weighted by Crippen LogP contribution is -2.21. The van der Waals surface area contributed by atoms with Gasteiger partial charge in [0.25, 0.3) is 0 Å². The number of nitrogens with two attached hydrogens (primary N) is 1. The third kappa shape index (κ3) is 3.11. The van der Waals surface area contributed by atoms with Crippen LogP contribution in [0.2, 0.25) is 0 Å². The normalized spacial score (nSPS) is 14.1. The Morgan fingerprint density at radius 3 is 2.40 bits per heavy atom. The van der Waals surface area contributed by atoms with E-state index in [1.807, 2.05) is 43.3 Å². The minimum Gasteiger partial charge on any atom is -0.388 e. The van der Waals surface area contributed by atoms with Crippen molar-refractivity contribution in [1.82, 2.24) is 0 Å². The molecule has 3 N–H and O–H groups in total. The standard InChI is InChI=1S/C17H20BrNO/c1-11-7-8-13(12(2)9-11)17(20)15(10-19)14-5-3-4-6-16(14)18/h3-9,15,17,20H,10,19H2,1-2H3. The van der Waals surface area contributed by atoms with E-state index in [-0.39, 0.29) is 5.92 Å². The van der Waals surface area contributed by atoms with E-state index in [1.165, 1.54) is 5.56 Å². The van der Waals surface area contributed by atoms with Gasteiger partial charge in [0.15, 0.2) is 0 Å². The molecule has 0 radical (unpaired) electrons.